The average molecular weight is 958 g/mol. The van der Waals surface area contributed by atoms with Gasteiger partial charge in [-0.2, -0.15) is 0 Å². The first kappa shape index (κ1) is 42.5. The van der Waals surface area contributed by atoms with Gasteiger partial charge in [-0.3, -0.25) is 0 Å². The van der Waals surface area contributed by atoms with E-state index in [1.54, 1.807) is 0 Å². The molecule has 350 valence electrons. The van der Waals surface area contributed by atoms with Crippen molar-refractivity contribution >= 4 is 65.6 Å². The summed E-state index contributed by atoms with van der Waals surface area (Å²) in [7, 11) is 0. The Balaban J connectivity index is 0.938. The second-order valence-electron chi connectivity index (χ2n) is 19.1. The van der Waals surface area contributed by atoms with Crippen LogP contribution < -0.4 is 0 Å². The van der Waals surface area contributed by atoms with E-state index in [0.717, 1.165) is 122 Å². The fourth-order valence-corrected chi connectivity index (χ4v) is 11.3. The number of rotatable bonds is 8. The molecule has 0 aliphatic rings. The van der Waals surface area contributed by atoms with Crippen LogP contribution in [0.1, 0.15) is 0 Å². The van der Waals surface area contributed by atoms with E-state index in [-0.39, 0.29) is 0 Å². The van der Waals surface area contributed by atoms with Gasteiger partial charge in [0.05, 0.1) is 27.8 Å². The van der Waals surface area contributed by atoms with E-state index in [1.807, 2.05) is 12.1 Å². The Bertz CT molecular complexity index is 4690. The van der Waals surface area contributed by atoms with Crippen LogP contribution in [0.4, 0.5) is 0 Å². The molecular formula is C69H43N5O. The zero-order valence-corrected chi connectivity index (χ0v) is 40.5. The minimum atomic E-state index is 0.578. The van der Waals surface area contributed by atoms with Crippen molar-refractivity contribution in [3.63, 3.8) is 0 Å². The maximum Gasteiger partial charge on any atom is 0.164 e. The number of furan rings is 1. The van der Waals surface area contributed by atoms with E-state index in [0.29, 0.717) is 17.5 Å². The summed E-state index contributed by atoms with van der Waals surface area (Å²) < 4.78 is 12.2. The van der Waals surface area contributed by atoms with Gasteiger partial charge in [-0.15, -0.1) is 0 Å². The summed E-state index contributed by atoms with van der Waals surface area (Å²) in [5.41, 5.74) is 17.4. The van der Waals surface area contributed by atoms with Crippen molar-refractivity contribution in [2.45, 2.75) is 0 Å². The maximum absolute atomic E-state index is 7.46. The molecule has 15 rings (SSSR count). The molecule has 6 heteroatoms. The number of para-hydroxylation sites is 3. The fourth-order valence-electron chi connectivity index (χ4n) is 11.3. The summed E-state index contributed by atoms with van der Waals surface area (Å²) in [5, 5.41) is 6.67. The second-order valence-corrected chi connectivity index (χ2v) is 19.1. The number of hydrogen-bond acceptors (Lipinski definition) is 4. The molecule has 0 atom stereocenters. The fraction of sp³-hybridized carbons (Fsp3) is 0. The smallest absolute Gasteiger partial charge is 0.164 e. The van der Waals surface area contributed by atoms with Gasteiger partial charge < -0.3 is 13.6 Å². The molecule has 0 radical (unpaired) electrons. The number of hydrogen-bond donors (Lipinski definition) is 0. The standard InChI is InChI=1S/C69H43N5O/c1-4-18-44(19-5-1)46-34-36-48(37-35-46)67-70-68(50-25-16-24-49(42-50)45-20-6-2-7-21-45)72-69(71-67)51-26-17-27-52(43-51)73-61-32-14-11-29-54(61)56-38-40-58-59-41-39-57-55-30-12-15-33-62(55)74(64(57)66(59)75-65(58)63(56)73)60-31-13-10-28-53(60)47-22-8-3-9-23-47/h1-43H. The van der Waals surface area contributed by atoms with Crippen molar-refractivity contribution in [1.82, 2.24) is 24.1 Å². The molecule has 0 saturated carbocycles. The highest BCUT2D eigenvalue weighted by atomic mass is 16.3. The summed E-state index contributed by atoms with van der Waals surface area (Å²) in [4.78, 5) is 15.7. The number of fused-ring (bicyclic) bond motifs is 11. The lowest BCUT2D eigenvalue weighted by Crippen LogP contribution is -2.01. The lowest BCUT2D eigenvalue weighted by atomic mass is 10.0. The number of nitrogens with zero attached hydrogens (tertiary/aromatic N) is 5. The first-order valence-corrected chi connectivity index (χ1v) is 25.3. The van der Waals surface area contributed by atoms with Crippen LogP contribution in [-0.2, 0) is 0 Å². The van der Waals surface area contributed by atoms with E-state index in [9.17, 15) is 0 Å². The van der Waals surface area contributed by atoms with Crippen LogP contribution in [-0.4, -0.2) is 24.1 Å². The molecule has 0 saturated heterocycles. The van der Waals surface area contributed by atoms with Crippen molar-refractivity contribution in [1.29, 1.82) is 0 Å². The van der Waals surface area contributed by atoms with Crippen LogP contribution in [0.2, 0.25) is 0 Å². The van der Waals surface area contributed by atoms with Crippen molar-refractivity contribution in [3.05, 3.63) is 261 Å². The monoisotopic (exact) mass is 957 g/mol. The first-order valence-electron chi connectivity index (χ1n) is 25.3. The first-order chi connectivity index (χ1) is 37.2. The van der Waals surface area contributed by atoms with Gasteiger partial charge in [-0.05, 0) is 76.3 Å². The van der Waals surface area contributed by atoms with Crippen LogP contribution in [0.15, 0.2) is 265 Å². The van der Waals surface area contributed by atoms with Crippen LogP contribution in [0.5, 0.6) is 0 Å². The SMILES string of the molecule is c1ccc(-c2ccc(-c3nc(-c4cccc(-c5ccccc5)c4)nc(-c4cccc(-n5c6ccccc6c6ccc7c8ccc9c%10ccccc%10n(-c%10ccccc%10-c%10ccccc%10)c9c8oc7c65)c4)n3)cc2)cc1. The highest BCUT2D eigenvalue weighted by Gasteiger charge is 2.24. The highest BCUT2D eigenvalue weighted by Crippen LogP contribution is 2.45. The largest absolute Gasteiger partial charge is 0.452 e. The van der Waals surface area contributed by atoms with Gasteiger partial charge in [0.15, 0.2) is 28.6 Å². The maximum atomic E-state index is 7.46. The third kappa shape index (κ3) is 6.99. The molecule has 75 heavy (non-hydrogen) atoms. The van der Waals surface area contributed by atoms with Crippen molar-refractivity contribution in [2.75, 3.05) is 0 Å². The molecule has 0 aliphatic heterocycles. The molecule has 11 aromatic carbocycles. The Morgan fingerprint density at radius 2 is 0.693 bits per heavy atom. The molecule has 4 heterocycles. The van der Waals surface area contributed by atoms with Gasteiger partial charge in [0.2, 0.25) is 0 Å². The van der Waals surface area contributed by atoms with Gasteiger partial charge in [-0.25, -0.2) is 15.0 Å². The van der Waals surface area contributed by atoms with Gasteiger partial charge in [0, 0.05) is 60.3 Å². The molecule has 6 nitrogen and oxygen atoms in total. The van der Waals surface area contributed by atoms with Gasteiger partial charge in [0.25, 0.3) is 0 Å². The van der Waals surface area contributed by atoms with E-state index >= 15 is 0 Å². The van der Waals surface area contributed by atoms with Crippen LogP contribution in [0, 0.1) is 0 Å². The lowest BCUT2D eigenvalue weighted by Gasteiger charge is -2.14. The zero-order valence-electron chi connectivity index (χ0n) is 40.5. The summed E-state index contributed by atoms with van der Waals surface area (Å²) in [6.07, 6.45) is 0. The summed E-state index contributed by atoms with van der Waals surface area (Å²) in [6, 6.07) is 92.0. The van der Waals surface area contributed by atoms with E-state index in [2.05, 4.69) is 258 Å². The molecular weight excluding hydrogens is 915 g/mol. The Hall–Kier alpha value is -10.2. The van der Waals surface area contributed by atoms with Crippen molar-refractivity contribution in [2.24, 2.45) is 0 Å². The Kier molecular flexibility index (Phi) is 9.78. The second kappa shape index (κ2) is 17.3. The molecule has 0 fully saturated rings. The molecule has 4 aromatic heterocycles. The molecule has 0 N–H and O–H groups in total. The van der Waals surface area contributed by atoms with E-state index < -0.39 is 0 Å². The average Bonchev–Trinajstić information content (AvgIpc) is 4.16. The zero-order chi connectivity index (χ0) is 49.4. The molecule has 0 unspecified atom stereocenters. The quantitative estimate of drug-likeness (QED) is 0.152. The van der Waals surface area contributed by atoms with Crippen LogP contribution in [0.3, 0.4) is 0 Å². The topological polar surface area (TPSA) is 61.7 Å². The number of benzene rings is 11. The number of aromatic nitrogens is 5. The van der Waals surface area contributed by atoms with E-state index in [1.165, 1.54) is 5.39 Å². The summed E-state index contributed by atoms with van der Waals surface area (Å²) in [5.74, 6) is 1.78. The van der Waals surface area contributed by atoms with Gasteiger partial charge >= 0.3 is 0 Å². The predicted molar refractivity (Wildman–Crippen MR) is 308 cm³/mol. The van der Waals surface area contributed by atoms with Crippen molar-refractivity contribution < 1.29 is 4.42 Å². The Labute approximate surface area is 431 Å². The van der Waals surface area contributed by atoms with Gasteiger partial charge in [0.1, 0.15) is 0 Å². The van der Waals surface area contributed by atoms with Crippen LogP contribution >= 0.6 is 0 Å². The van der Waals surface area contributed by atoms with E-state index in [4.69, 9.17) is 19.4 Å². The third-order valence-electron chi connectivity index (χ3n) is 14.8. The minimum Gasteiger partial charge on any atom is -0.452 e. The van der Waals surface area contributed by atoms with Gasteiger partial charge in [-0.1, -0.05) is 212 Å². The summed E-state index contributed by atoms with van der Waals surface area (Å²) in [6.45, 7) is 0. The lowest BCUT2D eigenvalue weighted by molar-refractivity contribution is 0.673. The predicted octanol–water partition coefficient (Wildman–Crippen LogP) is 18.0. The van der Waals surface area contributed by atoms with Crippen LogP contribution in [0.25, 0.3) is 144 Å². The molecule has 0 spiro atoms. The molecule has 0 amide bonds. The molecule has 15 aromatic rings. The summed E-state index contributed by atoms with van der Waals surface area (Å²) >= 11 is 0. The molecule has 0 aliphatic carbocycles. The Morgan fingerprint density at radius 3 is 1.33 bits per heavy atom. The Morgan fingerprint density at radius 1 is 0.267 bits per heavy atom. The normalized spacial score (nSPS) is 11.7. The minimum absolute atomic E-state index is 0.578. The third-order valence-corrected chi connectivity index (χ3v) is 14.8. The highest BCUT2D eigenvalue weighted by molar-refractivity contribution is 6.26. The van der Waals surface area contributed by atoms with Crippen molar-refractivity contribution in [3.8, 4) is 78.9 Å². The molecule has 0 bridgehead atoms.